The zero-order valence-electron chi connectivity index (χ0n) is 19.2. The van der Waals surface area contributed by atoms with Gasteiger partial charge in [-0.2, -0.15) is 0 Å². The quantitative estimate of drug-likeness (QED) is 0.229. The van der Waals surface area contributed by atoms with E-state index in [1.165, 1.54) is 17.7 Å². The molecular formula is C27H28N2O3S2. The fraction of sp³-hybridized carbons (Fsp3) is 0.296. The van der Waals surface area contributed by atoms with E-state index in [-0.39, 0.29) is 11.8 Å². The number of fused-ring (bicyclic) bond motifs is 1. The molecule has 0 atom stereocenters. The summed E-state index contributed by atoms with van der Waals surface area (Å²) in [5.41, 5.74) is 3.44. The lowest BCUT2D eigenvalue weighted by atomic mass is 9.96. The highest BCUT2D eigenvalue weighted by atomic mass is 32.1. The number of carbonyl (C=O) groups is 2. The Bertz CT molecular complexity index is 1190. The molecule has 1 aliphatic rings. The lowest BCUT2D eigenvalue weighted by Crippen LogP contribution is -2.22. The van der Waals surface area contributed by atoms with Gasteiger partial charge in [0.1, 0.15) is 5.00 Å². The average molecular weight is 493 g/mol. The lowest BCUT2D eigenvalue weighted by molar-refractivity contribution is 0.0526. The maximum atomic E-state index is 13.1. The number of anilines is 2. The molecule has 0 amide bonds. The number of ketones is 1. The molecule has 2 N–H and O–H groups in total. The third-order valence-electron chi connectivity index (χ3n) is 5.83. The minimum Gasteiger partial charge on any atom is -0.462 e. The molecule has 7 heteroatoms. The Morgan fingerprint density at radius 3 is 2.41 bits per heavy atom. The maximum Gasteiger partial charge on any atom is 0.341 e. The van der Waals surface area contributed by atoms with Crippen LogP contribution in [-0.2, 0) is 17.6 Å². The Balaban J connectivity index is 1.59. The standard InChI is InChI=1S/C27H28N2O3S2/c1-2-32-26(31)23-20-15-8-3-4-9-17-22(20)34-25(23)29-27(33)28-21-16-11-10-14-19(21)24(30)18-12-6-5-7-13-18/h5-7,10-14,16H,2-4,8-9,15,17H2,1H3,(H2,28,29,33). The summed E-state index contributed by atoms with van der Waals surface area (Å²) in [6.07, 6.45) is 6.40. The number of rotatable bonds is 6. The lowest BCUT2D eigenvalue weighted by Gasteiger charge is -2.14. The predicted molar refractivity (Wildman–Crippen MR) is 142 cm³/mol. The number of aryl methyl sites for hydroxylation is 1. The Hall–Kier alpha value is -3.03. The molecule has 0 spiro atoms. The molecule has 5 nitrogen and oxygen atoms in total. The van der Waals surface area contributed by atoms with Crippen LogP contribution < -0.4 is 10.6 Å². The number of nitrogens with one attached hydrogen (secondary N) is 2. The summed E-state index contributed by atoms with van der Waals surface area (Å²) in [6.45, 7) is 2.13. The summed E-state index contributed by atoms with van der Waals surface area (Å²) in [6, 6.07) is 16.4. The number of benzene rings is 2. The van der Waals surface area contributed by atoms with Gasteiger partial charge in [0.05, 0.1) is 17.9 Å². The topological polar surface area (TPSA) is 67.4 Å². The number of para-hydroxylation sites is 1. The van der Waals surface area contributed by atoms with Crippen LogP contribution in [0.15, 0.2) is 54.6 Å². The van der Waals surface area contributed by atoms with Crippen LogP contribution in [0, 0.1) is 0 Å². The summed E-state index contributed by atoms with van der Waals surface area (Å²) in [7, 11) is 0. The third kappa shape index (κ3) is 5.54. The molecule has 1 aliphatic carbocycles. The normalized spacial score (nSPS) is 13.2. The van der Waals surface area contributed by atoms with Gasteiger partial charge in [-0.3, -0.25) is 4.79 Å². The number of thiophene rings is 1. The Morgan fingerprint density at radius 1 is 0.941 bits per heavy atom. The highest BCUT2D eigenvalue weighted by Crippen LogP contribution is 2.37. The first-order valence-corrected chi connectivity index (χ1v) is 12.9. The van der Waals surface area contributed by atoms with E-state index >= 15 is 0 Å². The molecule has 0 saturated heterocycles. The molecule has 0 radical (unpaired) electrons. The van der Waals surface area contributed by atoms with Gasteiger partial charge < -0.3 is 15.4 Å². The van der Waals surface area contributed by atoms with Crippen molar-refractivity contribution in [3.8, 4) is 0 Å². The van der Waals surface area contributed by atoms with Crippen molar-refractivity contribution in [2.75, 3.05) is 17.2 Å². The Labute approximate surface area is 209 Å². The fourth-order valence-electron chi connectivity index (χ4n) is 4.22. The van der Waals surface area contributed by atoms with Crippen molar-refractivity contribution < 1.29 is 14.3 Å². The van der Waals surface area contributed by atoms with Crippen LogP contribution in [0.25, 0.3) is 0 Å². The molecule has 2 aromatic carbocycles. The van der Waals surface area contributed by atoms with E-state index in [2.05, 4.69) is 10.6 Å². The van der Waals surface area contributed by atoms with E-state index in [0.29, 0.717) is 39.1 Å². The van der Waals surface area contributed by atoms with E-state index in [1.807, 2.05) is 43.3 Å². The second-order valence-corrected chi connectivity index (χ2v) is 9.68. The number of carbonyl (C=O) groups excluding carboxylic acids is 2. The second kappa shape index (κ2) is 11.4. The molecule has 0 saturated carbocycles. The van der Waals surface area contributed by atoms with Gasteiger partial charge in [0, 0.05) is 16.0 Å². The largest absolute Gasteiger partial charge is 0.462 e. The molecule has 34 heavy (non-hydrogen) atoms. The van der Waals surface area contributed by atoms with Crippen LogP contribution >= 0.6 is 23.6 Å². The van der Waals surface area contributed by atoms with Crippen molar-refractivity contribution in [2.24, 2.45) is 0 Å². The van der Waals surface area contributed by atoms with Gasteiger partial charge >= 0.3 is 5.97 Å². The van der Waals surface area contributed by atoms with E-state index in [9.17, 15) is 9.59 Å². The Kier molecular flexibility index (Phi) is 8.08. The van der Waals surface area contributed by atoms with Crippen LogP contribution in [-0.4, -0.2) is 23.5 Å². The van der Waals surface area contributed by atoms with Crippen LogP contribution in [0.2, 0.25) is 0 Å². The van der Waals surface area contributed by atoms with Crippen molar-refractivity contribution in [1.29, 1.82) is 0 Å². The van der Waals surface area contributed by atoms with Crippen molar-refractivity contribution in [3.63, 3.8) is 0 Å². The van der Waals surface area contributed by atoms with Crippen LogP contribution in [0.4, 0.5) is 10.7 Å². The maximum absolute atomic E-state index is 13.1. The van der Waals surface area contributed by atoms with E-state index < -0.39 is 0 Å². The van der Waals surface area contributed by atoms with Gasteiger partial charge in [-0.05, 0) is 62.5 Å². The van der Waals surface area contributed by atoms with Crippen LogP contribution in [0.1, 0.15) is 69.3 Å². The predicted octanol–water partition coefficient (Wildman–Crippen LogP) is 6.62. The van der Waals surface area contributed by atoms with Crippen molar-refractivity contribution in [3.05, 3.63) is 81.7 Å². The molecule has 0 unspecified atom stereocenters. The van der Waals surface area contributed by atoms with Gasteiger partial charge in [-0.1, -0.05) is 55.3 Å². The van der Waals surface area contributed by atoms with E-state index in [1.54, 1.807) is 29.5 Å². The second-order valence-electron chi connectivity index (χ2n) is 8.16. The molecular weight excluding hydrogens is 464 g/mol. The Morgan fingerprint density at radius 2 is 1.65 bits per heavy atom. The van der Waals surface area contributed by atoms with E-state index in [4.69, 9.17) is 17.0 Å². The van der Waals surface area contributed by atoms with Crippen LogP contribution in [0.5, 0.6) is 0 Å². The van der Waals surface area contributed by atoms with Gasteiger partial charge in [0.2, 0.25) is 0 Å². The first-order chi connectivity index (χ1) is 16.6. The molecule has 0 aliphatic heterocycles. The highest BCUT2D eigenvalue weighted by molar-refractivity contribution is 7.80. The smallest absolute Gasteiger partial charge is 0.341 e. The fourth-order valence-corrected chi connectivity index (χ4v) is 5.78. The van der Waals surface area contributed by atoms with E-state index in [0.717, 1.165) is 31.2 Å². The van der Waals surface area contributed by atoms with Gasteiger partial charge in [0.15, 0.2) is 10.9 Å². The monoisotopic (exact) mass is 492 g/mol. The number of hydrogen-bond donors (Lipinski definition) is 2. The average Bonchev–Trinajstić information content (AvgIpc) is 3.15. The van der Waals surface area contributed by atoms with Gasteiger partial charge in [-0.15, -0.1) is 11.3 Å². The first-order valence-electron chi connectivity index (χ1n) is 11.7. The van der Waals surface area contributed by atoms with Gasteiger partial charge in [0.25, 0.3) is 0 Å². The summed E-state index contributed by atoms with van der Waals surface area (Å²) in [5.74, 6) is -0.400. The first kappa shape index (κ1) is 24.1. The minimum atomic E-state index is -0.314. The zero-order chi connectivity index (χ0) is 23.9. The molecule has 4 rings (SSSR count). The highest BCUT2D eigenvalue weighted by Gasteiger charge is 2.26. The summed E-state index contributed by atoms with van der Waals surface area (Å²) >= 11 is 7.19. The summed E-state index contributed by atoms with van der Waals surface area (Å²) in [4.78, 5) is 27.2. The number of ether oxygens (including phenoxy) is 1. The van der Waals surface area contributed by atoms with Crippen molar-refractivity contribution in [1.82, 2.24) is 0 Å². The molecule has 0 bridgehead atoms. The third-order valence-corrected chi connectivity index (χ3v) is 7.25. The zero-order valence-corrected chi connectivity index (χ0v) is 20.8. The molecule has 1 heterocycles. The van der Waals surface area contributed by atoms with Gasteiger partial charge in [-0.25, -0.2) is 4.79 Å². The van der Waals surface area contributed by atoms with Crippen molar-refractivity contribution in [2.45, 2.75) is 45.4 Å². The number of esters is 1. The molecule has 176 valence electrons. The summed E-state index contributed by atoms with van der Waals surface area (Å²) < 4.78 is 5.38. The van der Waals surface area contributed by atoms with Crippen molar-refractivity contribution >= 4 is 51.1 Å². The van der Waals surface area contributed by atoms with Crippen LogP contribution in [0.3, 0.4) is 0 Å². The molecule has 1 aromatic heterocycles. The number of thiocarbonyl (C=S) groups is 1. The minimum absolute atomic E-state index is 0.0854. The summed E-state index contributed by atoms with van der Waals surface area (Å²) in [5, 5.41) is 7.43. The molecule has 3 aromatic rings. The number of hydrogen-bond acceptors (Lipinski definition) is 5. The molecule has 0 fully saturated rings. The SMILES string of the molecule is CCOC(=O)c1c(NC(=S)Nc2ccccc2C(=O)c2ccccc2)sc2c1CCCCCC2.